The van der Waals surface area contributed by atoms with Gasteiger partial charge < -0.3 is 10.3 Å². The first-order chi connectivity index (χ1) is 8.77. The molecule has 0 spiro atoms. The fourth-order valence-corrected chi connectivity index (χ4v) is 1.44. The minimum Gasteiger partial charge on any atom is -0.754 e. The number of hydroxylamine groups is 1. The molecule has 0 atom stereocenters. The molecule has 0 N–H and O–H groups in total. The van der Waals surface area contributed by atoms with Crippen LogP contribution in [-0.2, 0) is 0 Å². The van der Waals surface area contributed by atoms with Gasteiger partial charge in [-0.3, -0.25) is 0 Å². The lowest BCUT2D eigenvalue weighted by molar-refractivity contribution is -0.384. The van der Waals surface area contributed by atoms with Crippen molar-refractivity contribution in [2.75, 3.05) is 5.06 Å². The summed E-state index contributed by atoms with van der Waals surface area (Å²) in [5, 5.41) is 12.3. The summed E-state index contributed by atoms with van der Waals surface area (Å²) >= 11 is 0. The van der Waals surface area contributed by atoms with Crippen LogP contribution in [0.15, 0.2) is 73.1 Å². The molecule has 2 aromatic rings. The molecule has 0 radical (unpaired) electrons. The van der Waals surface area contributed by atoms with Crippen molar-refractivity contribution in [3.8, 4) is 0 Å². The third kappa shape index (κ3) is 3.02. The van der Waals surface area contributed by atoms with Crippen molar-refractivity contribution < 1.29 is 4.76 Å². The molecule has 2 aromatic carbocycles. The van der Waals surface area contributed by atoms with Crippen LogP contribution in [0.25, 0.3) is 0 Å². The largest absolute Gasteiger partial charge is 0.754 e. The molecule has 0 aliphatic carbocycles. The second kappa shape index (κ2) is 5.75. The minimum atomic E-state index is 0.482. The topological polar surface area (TPSA) is 46.4 Å². The molecular weight excluding hydrogens is 228 g/mol. The van der Waals surface area contributed by atoms with Gasteiger partial charge in [-0.2, -0.15) is 0 Å². The molecule has 0 heterocycles. The Balaban J connectivity index is 2.06. The molecule has 90 valence electrons. The predicted octanol–water partition coefficient (Wildman–Crippen LogP) is 3.57. The van der Waals surface area contributed by atoms with Gasteiger partial charge in [-0.25, -0.2) is 0 Å². The van der Waals surface area contributed by atoms with Gasteiger partial charge in [0, 0.05) is 22.7 Å². The Kier molecular flexibility index (Phi) is 3.83. The number of rotatable bonds is 4. The summed E-state index contributed by atoms with van der Waals surface area (Å²) in [6, 6.07) is 17.4. The summed E-state index contributed by atoms with van der Waals surface area (Å²) in [6.45, 7) is 0. The van der Waals surface area contributed by atoms with Crippen molar-refractivity contribution in [1.29, 1.82) is 0 Å². The lowest BCUT2D eigenvalue weighted by atomic mass is 10.3. The van der Waals surface area contributed by atoms with Crippen molar-refractivity contribution in [1.82, 2.24) is 0 Å². The number of benzene rings is 2. The van der Waals surface area contributed by atoms with Gasteiger partial charge in [0.05, 0.1) is 11.0 Å². The van der Waals surface area contributed by atoms with Crippen LogP contribution in [0, 0.1) is 10.1 Å². The molecule has 2 rings (SSSR count). The Hall–Kier alpha value is -2.46. The molecule has 0 aliphatic rings. The lowest BCUT2D eigenvalue weighted by Crippen LogP contribution is -2.05. The maximum atomic E-state index is 11.6. The van der Waals surface area contributed by atoms with Gasteiger partial charge in [-0.15, -0.1) is 0 Å². The van der Waals surface area contributed by atoms with E-state index in [1.54, 1.807) is 48.5 Å². The summed E-state index contributed by atoms with van der Waals surface area (Å²) in [6.07, 6.45) is 2.38. The van der Waals surface area contributed by atoms with Crippen molar-refractivity contribution >= 4 is 11.4 Å². The third-order valence-electron chi connectivity index (χ3n) is 2.36. The molecule has 0 fully saturated rings. The highest BCUT2D eigenvalue weighted by molar-refractivity contribution is 5.49. The van der Waals surface area contributed by atoms with Crippen molar-refractivity contribution in [2.45, 2.75) is 0 Å². The van der Waals surface area contributed by atoms with E-state index in [1.165, 1.54) is 12.4 Å². The van der Waals surface area contributed by atoms with E-state index in [0.717, 1.165) is 0 Å². The predicted molar refractivity (Wildman–Crippen MR) is 71.2 cm³/mol. The maximum absolute atomic E-state index is 11.6. The highest BCUT2D eigenvalue weighted by Gasteiger charge is 2.07. The molecule has 18 heavy (non-hydrogen) atoms. The van der Waals surface area contributed by atoms with Gasteiger partial charge in [-0.05, 0) is 12.1 Å². The van der Waals surface area contributed by atoms with Gasteiger partial charge in [0.2, 0.25) is 6.20 Å². The molecule has 0 saturated carbocycles. The molecule has 4 heteroatoms. The van der Waals surface area contributed by atoms with Crippen molar-refractivity contribution in [3.05, 3.63) is 83.2 Å². The Morgan fingerprint density at radius 1 is 0.944 bits per heavy atom. The van der Waals surface area contributed by atoms with Crippen LogP contribution in [0.5, 0.6) is 0 Å². The van der Waals surface area contributed by atoms with Crippen molar-refractivity contribution in [3.63, 3.8) is 0 Å². The summed E-state index contributed by atoms with van der Waals surface area (Å²) in [4.78, 5) is 11.6. The van der Waals surface area contributed by atoms with Crippen LogP contribution < -0.4 is 5.06 Å². The van der Waals surface area contributed by atoms with E-state index < -0.39 is 0 Å². The van der Waals surface area contributed by atoms with Gasteiger partial charge in [0.25, 0.3) is 5.69 Å². The van der Waals surface area contributed by atoms with Gasteiger partial charge in [0.1, 0.15) is 0 Å². The van der Waals surface area contributed by atoms with Crippen molar-refractivity contribution in [2.24, 2.45) is 0 Å². The molecule has 4 nitrogen and oxygen atoms in total. The monoisotopic (exact) mass is 240 g/mol. The van der Waals surface area contributed by atoms with Crippen LogP contribution in [-0.4, -0.2) is 4.76 Å². The Morgan fingerprint density at radius 2 is 1.50 bits per heavy atom. The molecule has 0 unspecified atom stereocenters. The maximum Gasteiger partial charge on any atom is 0.262 e. The molecule has 0 aliphatic heterocycles. The number of hydrogen-bond donors (Lipinski definition) is 0. The zero-order valence-electron chi connectivity index (χ0n) is 9.64. The average Bonchev–Trinajstić information content (AvgIpc) is 2.46. The van der Waals surface area contributed by atoms with Crippen LogP contribution in [0.4, 0.5) is 11.4 Å². The summed E-state index contributed by atoms with van der Waals surface area (Å²) in [5.74, 6) is 0. The summed E-state index contributed by atoms with van der Waals surface area (Å²) in [5.41, 5.74) is 0.963. The van der Waals surface area contributed by atoms with E-state index in [0.29, 0.717) is 21.2 Å². The van der Waals surface area contributed by atoms with Crippen LogP contribution in [0.3, 0.4) is 0 Å². The number of nitrogens with zero attached hydrogens (tertiary/aromatic N) is 2. The highest BCUT2D eigenvalue weighted by atomic mass is 16.5. The number of nitroso groups, excluding NO2 is 1. The molecule has 0 bridgehead atoms. The molecule has 0 amide bonds. The van der Waals surface area contributed by atoms with E-state index in [9.17, 15) is 10.1 Å². The van der Waals surface area contributed by atoms with E-state index in [-0.39, 0.29) is 0 Å². The number of para-hydroxylation sites is 2. The Bertz CT molecular complexity index is 538. The average molecular weight is 240 g/mol. The quantitative estimate of drug-likeness (QED) is 0.606. The highest BCUT2D eigenvalue weighted by Crippen LogP contribution is 2.13. The van der Waals surface area contributed by atoms with E-state index >= 15 is 0 Å². The third-order valence-corrected chi connectivity index (χ3v) is 2.36. The van der Waals surface area contributed by atoms with Gasteiger partial charge >= 0.3 is 0 Å². The second-order valence-corrected chi connectivity index (χ2v) is 3.62. The van der Waals surface area contributed by atoms with Crippen LogP contribution >= 0.6 is 0 Å². The normalized spacial score (nSPS) is 10.5. The fourth-order valence-electron chi connectivity index (χ4n) is 1.44. The summed E-state index contributed by atoms with van der Waals surface area (Å²) in [7, 11) is 0. The first kappa shape index (κ1) is 12.0. The Labute approximate surface area is 105 Å². The number of anilines is 1. The minimum absolute atomic E-state index is 0.482. The van der Waals surface area contributed by atoms with Gasteiger partial charge in [-0.1, -0.05) is 36.4 Å². The van der Waals surface area contributed by atoms with Crippen LogP contribution in [0.1, 0.15) is 0 Å². The molecular formula is C14H12N2O2. The van der Waals surface area contributed by atoms with Gasteiger partial charge in [0.15, 0.2) is 0 Å². The van der Waals surface area contributed by atoms with E-state index in [1.807, 2.05) is 12.1 Å². The van der Waals surface area contributed by atoms with E-state index in [2.05, 4.69) is 0 Å². The standard InChI is InChI=1S/C14H12N2O2/c17-15(13-7-3-1-4-8-13)11-12-16(18)14-9-5-2-6-10-14/h1-12H. The molecule has 0 saturated heterocycles. The lowest BCUT2D eigenvalue weighted by Gasteiger charge is -2.24. The zero-order chi connectivity index (χ0) is 12.8. The smallest absolute Gasteiger partial charge is 0.262 e. The first-order valence-electron chi connectivity index (χ1n) is 5.48. The zero-order valence-corrected chi connectivity index (χ0v) is 9.64. The molecule has 0 aromatic heterocycles. The SMILES string of the molecule is O=[N+](C=CN([O-])c1ccccc1)c1ccccc1. The second-order valence-electron chi connectivity index (χ2n) is 3.62. The summed E-state index contributed by atoms with van der Waals surface area (Å²) < 4.78 is 0.647. The van der Waals surface area contributed by atoms with Crippen LogP contribution in [0.2, 0.25) is 0 Å². The first-order valence-corrected chi connectivity index (χ1v) is 5.48. The van der Waals surface area contributed by atoms with E-state index in [4.69, 9.17) is 0 Å². The fraction of sp³-hybridized carbons (Fsp3) is 0. The number of hydrogen-bond acceptors (Lipinski definition) is 3. The Morgan fingerprint density at radius 3 is 2.11 bits per heavy atom.